The molecule has 0 heterocycles. The number of nitrogens with one attached hydrogen (secondary N) is 1. The van der Waals surface area contributed by atoms with E-state index in [2.05, 4.69) is 5.32 Å². The van der Waals surface area contributed by atoms with Crippen LogP contribution in [0.5, 0.6) is 5.75 Å². The lowest BCUT2D eigenvalue weighted by Gasteiger charge is -2.23. The number of hydrogen-bond acceptors (Lipinski definition) is 4. The number of carbonyl (C=O) groups excluding carboxylic acids is 2. The predicted molar refractivity (Wildman–Crippen MR) is 101 cm³/mol. The number of carboxylic acid groups (broad SMARTS) is 1. The van der Waals surface area contributed by atoms with Crippen molar-refractivity contribution in [1.82, 2.24) is 5.32 Å². The van der Waals surface area contributed by atoms with E-state index < -0.39 is 29.8 Å². The molecule has 0 aliphatic rings. The molecule has 0 saturated heterocycles. The SMILES string of the molecule is CC(=O)Oc1cccc(C(=O)NC(Cc2ccccc2)C(C)C(=O)O)c1C. The summed E-state index contributed by atoms with van der Waals surface area (Å²) in [6, 6.07) is 13.6. The van der Waals surface area contributed by atoms with Crippen LogP contribution in [0.1, 0.15) is 35.3 Å². The third-order valence-corrected chi connectivity index (χ3v) is 4.39. The van der Waals surface area contributed by atoms with E-state index >= 15 is 0 Å². The lowest BCUT2D eigenvalue weighted by molar-refractivity contribution is -0.142. The Kier molecular flexibility index (Phi) is 6.71. The van der Waals surface area contributed by atoms with Crippen LogP contribution < -0.4 is 10.1 Å². The van der Waals surface area contributed by atoms with Gasteiger partial charge in [0.25, 0.3) is 5.91 Å². The van der Waals surface area contributed by atoms with Crippen LogP contribution in [-0.2, 0) is 16.0 Å². The summed E-state index contributed by atoms with van der Waals surface area (Å²) in [5.74, 6) is -2.33. The first-order valence-electron chi connectivity index (χ1n) is 8.65. The quantitative estimate of drug-likeness (QED) is 0.578. The topological polar surface area (TPSA) is 92.7 Å². The Morgan fingerprint density at radius 2 is 1.74 bits per heavy atom. The highest BCUT2D eigenvalue weighted by Crippen LogP contribution is 2.22. The minimum atomic E-state index is -0.985. The van der Waals surface area contributed by atoms with E-state index in [4.69, 9.17) is 4.74 Å². The number of carbonyl (C=O) groups is 3. The summed E-state index contributed by atoms with van der Waals surface area (Å²) in [5.41, 5.74) is 1.79. The maximum Gasteiger partial charge on any atom is 0.308 e. The summed E-state index contributed by atoms with van der Waals surface area (Å²) < 4.78 is 5.11. The molecular weight excluding hydrogens is 346 g/mol. The van der Waals surface area contributed by atoms with E-state index in [-0.39, 0.29) is 0 Å². The molecule has 2 rings (SSSR count). The molecule has 2 atom stereocenters. The largest absolute Gasteiger partial charge is 0.481 e. The average Bonchev–Trinajstić information content (AvgIpc) is 2.62. The van der Waals surface area contributed by atoms with Crippen molar-refractivity contribution in [2.45, 2.75) is 33.2 Å². The van der Waals surface area contributed by atoms with E-state index in [9.17, 15) is 19.5 Å². The van der Waals surface area contributed by atoms with Gasteiger partial charge in [0, 0.05) is 24.1 Å². The molecule has 0 aliphatic heterocycles. The smallest absolute Gasteiger partial charge is 0.308 e. The lowest BCUT2D eigenvalue weighted by atomic mass is 9.94. The van der Waals surface area contributed by atoms with Crippen LogP contribution in [-0.4, -0.2) is 29.0 Å². The van der Waals surface area contributed by atoms with Gasteiger partial charge in [-0.2, -0.15) is 0 Å². The Balaban J connectivity index is 2.25. The first-order valence-corrected chi connectivity index (χ1v) is 8.65. The number of carboxylic acids is 1. The van der Waals surface area contributed by atoms with Gasteiger partial charge in [0.2, 0.25) is 0 Å². The summed E-state index contributed by atoms with van der Waals surface area (Å²) in [4.78, 5) is 35.5. The molecule has 0 bridgehead atoms. The number of benzene rings is 2. The minimum Gasteiger partial charge on any atom is -0.481 e. The Labute approximate surface area is 158 Å². The van der Waals surface area contributed by atoms with Crippen molar-refractivity contribution in [3.05, 3.63) is 65.2 Å². The second kappa shape index (κ2) is 8.98. The Morgan fingerprint density at radius 3 is 2.33 bits per heavy atom. The average molecular weight is 369 g/mol. The van der Waals surface area contributed by atoms with Crippen molar-refractivity contribution >= 4 is 17.8 Å². The third-order valence-electron chi connectivity index (χ3n) is 4.39. The highest BCUT2D eigenvalue weighted by atomic mass is 16.5. The fourth-order valence-corrected chi connectivity index (χ4v) is 2.76. The van der Waals surface area contributed by atoms with Gasteiger partial charge < -0.3 is 15.2 Å². The minimum absolute atomic E-state index is 0.307. The molecular formula is C21H23NO5. The highest BCUT2D eigenvalue weighted by molar-refractivity contribution is 5.97. The van der Waals surface area contributed by atoms with Crippen molar-refractivity contribution in [2.75, 3.05) is 0 Å². The van der Waals surface area contributed by atoms with Crippen LogP contribution in [0.3, 0.4) is 0 Å². The fourth-order valence-electron chi connectivity index (χ4n) is 2.76. The Hall–Kier alpha value is -3.15. The van der Waals surface area contributed by atoms with Crippen molar-refractivity contribution in [3.8, 4) is 5.75 Å². The fraction of sp³-hybridized carbons (Fsp3) is 0.286. The molecule has 27 heavy (non-hydrogen) atoms. The van der Waals surface area contributed by atoms with Crippen LogP contribution >= 0.6 is 0 Å². The van der Waals surface area contributed by atoms with E-state index in [0.29, 0.717) is 23.3 Å². The molecule has 0 radical (unpaired) electrons. The third kappa shape index (κ3) is 5.41. The van der Waals surface area contributed by atoms with Gasteiger partial charge in [-0.3, -0.25) is 14.4 Å². The van der Waals surface area contributed by atoms with Gasteiger partial charge in [0.05, 0.1) is 5.92 Å². The molecule has 142 valence electrons. The van der Waals surface area contributed by atoms with Gasteiger partial charge in [-0.1, -0.05) is 36.4 Å². The number of aliphatic carboxylic acids is 1. The molecule has 6 nitrogen and oxygen atoms in total. The standard InChI is InChI=1S/C21H23NO5/c1-13-17(10-7-11-19(13)27-15(3)23)20(24)22-18(14(2)21(25)26)12-16-8-5-4-6-9-16/h4-11,14,18H,12H2,1-3H3,(H,22,24)(H,25,26). The maximum atomic E-state index is 12.8. The summed E-state index contributed by atoms with van der Waals surface area (Å²) in [6.45, 7) is 4.54. The zero-order valence-corrected chi connectivity index (χ0v) is 15.6. The maximum absolute atomic E-state index is 12.8. The van der Waals surface area contributed by atoms with E-state index in [1.165, 1.54) is 6.92 Å². The number of hydrogen-bond donors (Lipinski definition) is 2. The first kappa shape index (κ1) is 20.2. The second-order valence-corrected chi connectivity index (χ2v) is 6.42. The van der Waals surface area contributed by atoms with Gasteiger partial charge in [0.1, 0.15) is 5.75 Å². The molecule has 0 fully saturated rings. The van der Waals surface area contributed by atoms with Crippen LogP contribution in [0.2, 0.25) is 0 Å². The number of amides is 1. The molecule has 2 N–H and O–H groups in total. The number of ether oxygens (including phenoxy) is 1. The molecule has 0 saturated carbocycles. The summed E-state index contributed by atoms with van der Waals surface area (Å²) >= 11 is 0. The molecule has 6 heteroatoms. The van der Waals surface area contributed by atoms with Crippen molar-refractivity contribution in [3.63, 3.8) is 0 Å². The van der Waals surface area contributed by atoms with Crippen molar-refractivity contribution in [1.29, 1.82) is 0 Å². The van der Waals surface area contributed by atoms with E-state index in [0.717, 1.165) is 5.56 Å². The first-order chi connectivity index (χ1) is 12.8. The normalized spacial score (nSPS) is 12.7. The highest BCUT2D eigenvalue weighted by Gasteiger charge is 2.26. The molecule has 2 unspecified atom stereocenters. The molecule has 1 amide bonds. The molecule has 2 aromatic rings. The van der Waals surface area contributed by atoms with Crippen LogP contribution in [0.4, 0.5) is 0 Å². The molecule has 2 aromatic carbocycles. The van der Waals surface area contributed by atoms with Crippen LogP contribution in [0, 0.1) is 12.8 Å². The number of rotatable bonds is 7. The summed E-state index contributed by atoms with van der Waals surface area (Å²) in [6.07, 6.45) is 0.392. The summed E-state index contributed by atoms with van der Waals surface area (Å²) in [5, 5.41) is 12.2. The Morgan fingerprint density at radius 1 is 1.07 bits per heavy atom. The van der Waals surface area contributed by atoms with Gasteiger partial charge in [-0.15, -0.1) is 0 Å². The monoisotopic (exact) mass is 369 g/mol. The zero-order valence-electron chi connectivity index (χ0n) is 15.6. The lowest BCUT2D eigenvalue weighted by Crippen LogP contribution is -2.44. The molecule has 0 aliphatic carbocycles. The van der Waals surface area contributed by atoms with Crippen molar-refractivity contribution in [2.24, 2.45) is 5.92 Å². The van der Waals surface area contributed by atoms with Crippen molar-refractivity contribution < 1.29 is 24.2 Å². The van der Waals surface area contributed by atoms with Gasteiger partial charge in [-0.25, -0.2) is 0 Å². The number of esters is 1. The predicted octanol–water partition coefficient (Wildman–Crippen LogP) is 2.98. The molecule has 0 spiro atoms. The van der Waals surface area contributed by atoms with E-state index in [1.807, 2.05) is 30.3 Å². The van der Waals surface area contributed by atoms with Gasteiger partial charge >= 0.3 is 11.9 Å². The van der Waals surface area contributed by atoms with E-state index in [1.54, 1.807) is 32.0 Å². The van der Waals surface area contributed by atoms with Crippen LogP contribution in [0.25, 0.3) is 0 Å². The van der Waals surface area contributed by atoms with Gasteiger partial charge in [-0.05, 0) is 38.0 Å². The second-order valence-electron chi connectivity index (χ2n) is 6.42. The summed E-state index contributed by atoms with van der Waals surface area (Å²) in [7, 11) is 0. The van der Waals surface area contributed by atoms with Crippen LogP contribution in [0.15, 0.2) is 48.5 Å². The zero-order chi connectivity index (χ0) is 20.0. The Bertz CT molecular complexity index is 832. The molecule has 0 aromatic heterocycles. The van der Waals surface area contributed by atoms with Gasteiger partial charge in [0.15, 0.2) is 0 Å².